The second-order valence-electron chi connectivity index (χ2n) is 4.88. The summed E-state index contributed by atoms with van der Waals surface area (Å²) in [6.07, 6.45) is 1.78. The van der Waals surface area contributed by atoms with Gasteiger partial charge in [-0.25, -0.2) is 0 Å². The van der Waals surface area contributed by atoms with Gasteiger partial charge in [-0.1, -0.05) is 44.5 Å². The van der Waals surface area contributed by atoms with Crippen molar-refractivity contribution in [1.82, 2.24) is 5.32 Å². The Morgan fingerprint density at radius 3 is 2.58 bits per heavy atom. The number of halogens is 1. The number of nitrogens with two attached hydrogens (primary N) is 1. The van der Waals surface area contributed by atoms with Gasteiger partial charge in [0.05, 0.1) is 6.04 Å². The molecule has 0 radical (unpaired) electrons. The van der Waals surface area contributed by atoms with Gasteiger partial charge in [0.1, 0.15) is 0 Å². The number of carbonyl (C=O) groups is 1. The molecule has 0 aromatic heterocycles. The first-order valence-electron chi connectivity index (χ1n) is 6.64. The number of benzene rings is 1. The molecule has 1 amide bonds. The Balaban J connectivity index is 0.00000324. The zero-order valence-corrected chi connectivity index (χ0v) is 12.8. The third-order valence-electron chi connectivity index (χ3n) is 3.51. The molecule has 0 aliphatic carbocycles. The highest BCUT2D eigenvalue weighted by atomic mass is 35.5. The van der Waals surface area contributed by atoms with Gasteiger partial charge in [0.2, 0.25) is 5.91 Å². The van der Waals surface area contributed by atoms with Gasteiger partial charge in [-0.2, -0.15) is 0 Å². The highest BCUT2D eigenvalue weighted by Gasteiger charge is 2.18. The number of amides is 1. The number of hydrogen-bond acceptors (Lipinski definition) is 2. The van der Waals surface area contributed by atoms with Gasteiger partial charge < -0.3 is 11.1 Å². The van der Waals surface area contributed by atoms with E-state index >= 15 is 0 Å². The topological polar surface area (TPSA) is 55.1 Å². The molecule has 2 unspecified atom stereocenters. The quantitative estimate of drug-likeness (QED) is 0.843. The molecule has 0 saturated heterocycles. The van der Waals surface area contributed by atoms with E-state index in [4.69, 9.17) is 5.73 Å². The van der Waals surface area contributed by atoms with Gasteiger partial charge in [0.25, 0.3) is 0 Å². The molecule has 3 N–H and O–H groups in total. The van der Waals surface area contributed by atoms with Crippen LogP contribution in [0.1, 0.15) is 31.4 Å². The van der Waals surface area contributed by atoms with E-state index in [1.165, 1.54) is 11.1 Å². The SMILES string of the molecule is CCC(C)C(N)C(=O)NCCc1ccccc1C.Cl. The number of aryl methyl sites for hydroxylation is 1. The van der Waals surface area contributed by atoms with Crippen molar-refractivity contribution in [3.05, 3.63) is 35.4 Å². The summed E-state index contributed by atoms with van der Waals surface area (Å²) in [5.41, 5.74) is 8.40. The largest absolute Gasteiger partial charge is 0.354 e. The minimum Gasteiger partial charge on any atom is -0.354 e. The van der Waals surface area contributed by atoms with Crippen molar-refractivity contribution in [2.75, 3.05) is 6.54 Å². The molecule has 0 heterocycles. The number of nitrogens with one attached hydrogen (secondary N) is 1. The van der Waals surface area contributed by atoms with E-state index in [-0.39, 0.29) is 24.2 Å². The third-order valence-corrected chi connectivity index (χ3v) is 3.51. The lowest BCUT2D eigenvalue weighted by molar-refractivity contribution is -0.123. The lowest BCUT2D eigenvalue weighted by Gasteiger charge is -2.17. The average molecular weight is 285 g/mol. The van der Waals surface area contributed by atoms with Gasteiger partial charge >= 0.3 is 0 Å². The molecule has 0 fully saturated rings. The van der Waals surface area contributed by atoms with Crippen LogP contribution in [0.25, 0.3) is 0 Å². The van der Waals surface area contributed by atoms with Gasteiger partial charge in [0, 0.05) is 6.54 Å². The van der Waals surface area contributed by atoms with Crippen LogP contribution in [0.5, 0.6) is 0 Å². The normalized spacial score (nSPS) is 13.3. The van der Waals surface area contributed by atoms with Crippen LogP contribution in [0.15, 0.2) is 24.3 Å². The van der Waals surface area contributed by atoms with Crippen molar-refractivity contribution < 1.29 is 4.79 Å². The molecule has 0 aliphatic heterocycles. The van der Waals surface area contributed by atoms with E-state index in [1.807, 2.05) is 26.0 Å². The lowest BCUT2D eigenvalue weighted by atomic mass is 9.99. The van der Waals surface area contributed by atoms with Gasteiger partial charge in [-0.15, -0.1) is 12.4 Å². The Morgan fingerprint density at radius 2 is 2.00 bits per heavy atom. The van der Waals surface area contributed by atoms with Crippen molar-refractivity contribution in [3.8, 4) is 0 Å². The van der Waals surface area contributed by atoms with Crippen LogP contribution in [-0.2, 0) is 11.2 Å². The number of hydrogen-bond donors (Lipinski definition) is 2. The second kappa shape index (κ2) is 8.94. The summed E-state index contributed by atoms with van der Waals surface area (Å²) >= 11 is 0. The van der Waals surface area contributed by atoms with Gasteiger partial charge in [0.15, 0.2) is 0 Å². The van der Waals surface area contributed by atoms with Crippen LogP contribution in [0.3, 0.4) is 0 Å². The molecular weight excluding hydrogens is 260 g/mol. The van der Waals surface area contributed by atoms with E-state index in [0.29, 0.717) is 6.54 Å². The van der Waals surface area contributed by atoms with Crippen LogP contribution < -0.4 is 11.1 Å². The van der Waals surface area contributed by atoms with E-state index in [1.54, 1.807) is 0 Å². The van der Waals surface area contributed by atoms with Crippen molar-refractivity contribution in [2.24, 2.45) is 11.7 Å². The van der Waals surface area contributed by atoms with Crippen LogP contribution in [0, 0.1) is 12.8 Å². The smallest absolute Gasteiger partial charge is 0.237 e. The maximum absolute atomic E-state index is 11.8. The zero-order valence-electron chi connectivity index (χ0n) is 12.0. The summed E-state index contributed by atoms with van der Waals surface area (Å²) in [4.78, 5) is 11.8. The molecule has 1 aromatic carbocycles. The Hall–Kier alpha value is -1.06. The van der Waals surface area contributed by atoms with Crippen LogP contribution in [-0.4, -0.2) is 18.5 Å². The molecule has 1 aromatic rings. The number of carbonyl (C=O) groups excluding carboxylic acids is 1. The van der Waals surface area contributed by atoms with Gasteiger partial charge in [-0.3, -0.25) is 4.79 Å². The average Bonchev–Trinajstić information content (AvgIpc) is 2.39. The molecule has 1 rings (SSSR count). The molecule has 0 aliphatic rings. The predicted octanol–water partition coefficient (Wildman–Crippen LogP) is 2.45. The first-order chi connectivity index (χ1) is 8.56. The number of rotatable bonds is 6. The van der Waals surface area contributed by atoms with Crippen molar-refractivity contribution in [3.63, 3.8) is 0 Å². The van der Waals surface area contributed by atoms with Crippen molar-refractivity contribution >= 4 is 18.3 Å². The fourth-order valence-corrected chi connectivity index (χ4v) is 1.84. The molecule has 19 heavy (non-hydrogen) atoms. The third kappa shape index (κ3) is 5.62. The molecule has 108 valence electrons. The second-order valence-corrected chi connectivity index (χ2v) is 4.88. The fourth-order valence-electron chi connectivity index (χ4n) is 1.84. The zero-order chi connectivity index (χ0) is 13.5. The van der Waals surface area contributed by atoms with E-state index in [2.05, 4.69) is 24.4 Å². The maximum atomic E-state index is 11.8. The molecular formula is C15H25ClN2O. The summed E-state index contributed by atoms with van der Waals surface area (Å²) in [6, 6.07) is 7.83. The molecule has 0 bridgehead atoms. The van der Waals surface area contributed by atoms with Crippen molar-refractivity contribution in [2.45, 2.75) is 39.7 Å². The fraction of sp³-hybridized carbons (Fsp3) is 0.533. The Bertz CT molecular complexity index is 395. The standard InChI is InChI=1S/C15H24N2O.ClH/c1-4-11(2)14(16)15(18)17-10-9-13-8-6-5-7-12(13)3;/h5-8,11,14H,4,9-10,16H2,1-3H3,(H,17,18);1H. The summed E-state index contributed by atoms with van der Waals surface area (Å²) < 4.78 is 0. The van der Waals surface area contributed by atoms with Gasteiger partial charge in [-0.05, 0) is 30.4 Å². The Labute approximate surface area is 122 Å². The summed E-state index contributed by atoms with van der Waals surface area (Å²) in [5.74, 6) is 0.182. The molecule has 3 nitrogen and oxygen atoms in total. The van der Waals surface area contributed by atoms with E-state index < -0.39 is 6.04 Å². The highest BCUT2D eigenvalue weighted by molar-refractivity contribution is 5.85. The molecule has 4 heteroatoms. The van der Waals surface area contributed by atoms with Crippen LogP contribution in [0.2, 0.25) is 0 Å². The molecule has 0 spiro atoms. The Kier molecular flexibility index (Phi) is 8.44. The van der Waals surface area contributed by atoms with E-state index in [9.17, 15) is 4.79 Å². The molecule has 0 saturated carbocycles. The first kappa shape index (κ1) is 17.9. The first-order valence-corrected chi connectivity index (χ1v) is 6.64. The summed E-state index contributed by atoms with van der Waals surface area (Å²) in [6.45, 7) is 6.78. The molecule has 2 atom stereocenters. The Morgan fingerprint density at radius 1 is 1.37 bits per heavy atom. The summed E-state index contributed by atoms with van der Waals surface area (Å²) in [7, 11) is 0. The van der Waals surface area contributed by atoms with Crippen molar-refractivity contribution in [1.29, 1.82) is 0 Å². The summed E-state index contributed by atoms with van der Waals surface area (Å²) in [5, 5.41) is 2.91. The van der Waals surface area contributed by atoms with E-state index in [0.717, 1.165) is 12.8 Å². The minimum absolute atomic E-state index is 0. The monoisotopic (exact) mass is 284 g/mol. The lowest BCUT2D eigenvalue weighted by Crippen LogP contribution is -2.45. The maximum Gasteiger partial charge on any atom is 0.237 e. The highest BCUT2D eigenvalue weighted by Crippen LogP contribution is 2.07. The van der Waals surface area contributed by atoms with Crippen LogP contribution >= 0.6 is 12.4 Å². The van der Waals surface area contributed by atoms with Crippen LogP contribution in [0.4, 0.5) is 0 Å². The minimum atomic E-state index is -0.396. The predicted molar refractivity (Wildman–Crippen MR) is 82.6 cm³/mol.